The number of rotatable bonds is 6. The third kappa shape index (κ3) is 5.32. The van der Waals surface area contributed by atoms with E-state index < -0.39 is 53.6 Å². The number of hydrogen-bond acceptors (Lipinski definition) is 4. The first-order valence-electron chi connectivity index (χ1n) is 8.17. The number of ether oxygens (including phenoxy) is 1. The maximum Gasteiger partial charge on any atom is 0.338 e. The lowest BCUT2D eigenvalue weighted by Gasteiger charge is -2.14. The predicted molar refractivity (Wildman–Crippen MR) is 94.0 cm³/mol. The van der Waals surface area contributed by atoms with Gasteiger partial charge in [0.25, 0.3) is 5.91 Å². The van der Waals surface area contributed by atoms with Crippen LogP contribution in [0.1, 0.15) is 22.8 Å². The minimum absolute atomic E-state index is 0.261. The Bertz CT molecular complexity index is 901. The second-order valence-corrected chi connectivity index (χ2v) is 5.90. The Kier molecular flexibility index (Phi) is 6.75. The highest BCUT2D eigenvalue weighted by Crippen LogP contribution is 2.19. The topological polar surface area (TPSA) is 84.5 Å². The van der Waals surface area contributed by atoms with E-state index in [1.54, 1.807) is 24.3 Å². The number of hydrogen-bond donors (Lipinski definition) is 2. The van der Waals surface area contributed by atoms with E-state index in [0.717, 1.165) is 11.6 Å². The molecule has 9 heteroatoms. The van der Waals surface area contributed by atoms with Gasteiger partial charge in [-0.2, -0.15) is 0 Å². The molecule has 0 bridgehead atoms. The lowest BCUT2D eigenvalue weighted by Crippen LogP contribution is -2.40. The van der Waals surface area contributed by atoms with Gasteiger partial charge in [0, 0.05) is 0 Å². The smallest absolute Gasteiger partial charge is 0.338 e. The van der Waals surface area contributed by atoms with Gasteiger partial charge in [0.05, 0.1) is 17.8 Å². The van der Waals surface area contributed by atoms with E-state index in [0.29, 0.717) is 6.07 Å². The van der Waals surface area contributed by atoms with Crippen LogP contribution in [0.3, 0.4) is 0 Å². The molecular formula is C19H17F3N2O4. The third-order valence-electron chi connectivity index (χ3n) is 3.67. The Morgan fingerprint density at radius 3 is 2.29 bits per heavy atom. The molecule has 148 valence electrons. The van der Waals surface area contributed by atoms with Crippen molar-refractivity contribution in [1.82, 2.24) is 5.32 Å². The van der Waals surface area contributed by atoms with Gasteiger partial charge in [-0.05, 0) is 38.1 Å². The highest BCUT2D eigenvalue weighted by Gasteiger charge is 2.20. The first kappa shape index (κ1) is 20.9. The van der Waals surface area contributed by atoms with E-state index in [4.69, 9.17) is 4.74 Å². The maximum atomic E-state index is 13.5. The van der Waals surface area contributed by atoms with Crippen molar-refractivity contribution in [2.24, 2.45) is 0 Å². The number of esters is 1. The lowest BCUT2D eigenvalue weighted by atomic mass is 10.1. The van der Waals surface area contributed by atoms with Crippen LogP contribution in [0.15, 0.2) is 36.4 Å². The van der Waals surface area contributed by atoms with Gasteiger partial charge in [-0.1, -0.05) is 17.7 Å². The number of aryl methyl sites for hydroxylation is 1. The normalized spacial score (nSPS) is 11.5. The number of carbonyl (C=O) groups excluding carboxylic acids is 3. The Labute approximate surface area is 158 Å². The second kappa shape index (κ2) is 9.03. The molecule has 2 amide bonds. The number of benzene rings is 2. The van der Waals surface area contributed by atoms with Crippen molar-refractivity contribution >= 4 is 23.5 Å². The van der Waals surface area contributed by atoms with Crippen LogP contribution in [0, 0.1) is 24.4 Å². The fraction of sp³-hybridized carbons (Fsp3) is 0.211. The second-order valence-electron chi connectivity index (χ2n) is 5.90. The van der Waals surface area contributed by atoms with Crippen molar-refractivity contribution in [3.05, 3.63) is 65.0 Å². The first-order chi connectivity index (χ1) is 13.2. The zero-order valence-corrected chi connectivity index (χ0v) is 15.0. The summed E-state index contributed by atoms with van der Waals surface area (Å²) in [6.45, 7) is 2.57. The highest BCUT2D eigenvalue weighted by atomic mass is 19.2. The third-order valence-corrected chi connectivity index (χ3v) is 3.67. The molecule has 2 N–H and O–H groups in total. The van der Waals surface area contributed by atoms with Crippen LogP contribution < -0.4 is 10.6 Å². The minimum Gasteiger partial charge on any atom is -0.449 e. The Morgan fingerprint density at radius 2 is 1.64 bits per heavy atom. The van der Waals surface area contributed by atoms with Gasteiger partial charge in [-0.15, -0.1) is 0 Å². The SMILES string of the molecule is Cc1ccc(C(=O)OC(C)C(=O)NCC(=O)Nc2ccc(F)c(F)c2F)cc1. The van der Waals surface area contributed by atoms with E-state index in [1.165, 1.54) is 6.92 Å². The van der Waals surface area contributed by atoms with Gasteiger partial charge in [0.15, 0.2) is 23.6 Å². The van der Waals surface area contributed by atoms with Gasteiger partial charge in [0.2, 0.25) is 5.91 Å². The fourth-order valence-electron chi connectivity index (χ4n) is 2.10. The summed E-state index contributed by atoms with van der Waals surface area (Å²) < 4.78 is 44.5. The summed E-state index contributed by atoms with van der Waals surface area (Å²) in [5.41, 5.74) is 0.639. The van der Waals surface area contributed by atoms with Crippen LogP contribution in [-0.2, 0) is 14.3 Å². The molecule has 0 radical (unpaired) electrons. The van der Waals surface area contributed by atoms with Crippen molar-refractivity contribution < 1.29 is 32.3 Å². The summed E-state index contributed by atoms with van der Waals surface area (Å²) in [7, 11) is 0. The van der Waals surface area contributed by atoms with Gasteiger partial charge in [0.1, 0.15) is 0 Å². The molecule has 6 nitrogen and oxygen atoms in total. The molecule has 2 aromatic carbocycles. The van der Waals surface area contributed by atoms with Crippen molar-refractivity contribution in [3.63, 3.8) is 0 Å². The monoisotopic (exact) mass is 394 g/mol. The molecule has 2 aromatic rings. The number of carbonyl (C=O) groups is 3. The summed E-state index contributed by atoms with van der Waals surface area (Å²) in [6.07, 6.45) is -1.19. The van der Waals surface area contributed by atoms with E-state index in [1.807, 2.05) is 12.2 Å². The largest absolute Gasteiger partial charge is 0.449 e. The summed E-state index contributed by atoms with van der Waals surface area (Å²) >= 11 is 0. The van der Waals surface area contributed by atoms with E-state index in [2.05, 4.69) is 5.32 Å². The molecular weight excluding hydrogens is 377 g/mol. The van der Waals surface area contributed by atoms with Crippen molar-refractivity contribution in [2.75, 3.05) is 11.9 Å². The van der Waals surface area contributed by atoms with Crippen LogP contribution >= 0.6 is 0 Å². The molecule has 0 heterocycles. The number of anilines is 1. The van der Waals surface area contributed by atoms with Crippen LogP contribution in [0.2, 0.25) is 0 Å². The number of nitrogens with one attached hydrogen (secondary N) is 2. The summed E-state index contributed by atoms with van der Waals surface area (Å²) in [4.78, 5) is 35.6. The summed E-state index contributed by atoms with van der Waals surface area (Å²) in [5.74, 6) is -7.03. The molecule has 0 spiro atoms. The molecule has 1 atom stereocenters. The molecule has 28 heavy (non-hydrogen) atoms. The molecule has 0 aromatic heterocycles. The van der Waals surface area contributed by atoms with Gasteiger partial charge in [-0.3, -0.25) is 9.59 Å². The predicted octanol–water partition coefficient (Wildman–Crippen LogP) is 2.71. The van der Waals surface area contributed by atoms with Gasteiger partial charge >= 0.3 is 5.97 Å². The number of amides is 2. The lowest BCUT2D eigenvalue weighted by molar-refractivity contribution is -0.130. The minimum atomic E-state index is -1.72. The molecule has 0 saturated carbocycles. The van der Waals surface area contributed by atoms with Crippen molar-refractivity contribution in [1.29, 1.82) is 0 Å². The van der Waals surface area contributed by atoms with Crippen LogP contribution in [-0.4, -0.2) is 30.4 Å². The standard InChI is InChI=1S/C19H17F3N2O4/c1-10-3-5-12(6-4-10)19(27)28-11(2)18(26)23-9-15(25)24-14-8-7-13(20)16(21)17(14)22/h3-8,11H,9H2,1-2H3,(H,23,26)(H,24,25). The molecule has 0 aliphatic carbocycles. The van der Waals surface area contributed by atoms with E-state index in [9.17, 15) is 27.6 Å². The van der Waals surface area contributed by atoms with Crippen LogP contribution in [0.4, 0.5) is 18.9 Å². The average Bonchev–Trinajstić information content (AvgIpc) is 2.67. The van der Waals surface area contributed by atoms with Crippen LogP contribution in [0.5, 0.6) is 0 Å². The molecule has 0 fully saturated rings. The Balaban J connectivity index is 1.85. The van der Waals surface area contributed by atoms with Gasteiger partial charge < -0.3 is 15.4 Å². The Hall–Kier alpha value is -3.36. The maximum absolute atomic E-state index is 13.5. The average molecular weight is 394 g/mol. The highest BCUT2D eigenvalue weighted by molar-refractivity contribution is 5.96. The molecule has 2 rings (SSSR count). The molecule has 0 saturated heterocycles. The van der Waals surface area contributed by atoms with Crippen molar-refractivity contribution in [3.8, 4) is 0 Å². The number of halogens is 3. The zero-order valence-electron chi connectivity index (χ0n) is 15.0. The first-order valence-corrected chi connectivity index (χ1v) is 8.17. The zero-order chi connectivity index (χ0) is 20.8. The summed E-state index contributed by atoms with van der Waals surface area (Å²) in [6, 6.07) is 8.02. The molecule has 0 aliphatic rings. The van der Waals surface area contributed by atoms with Gasteiger partial charge in [-0.25, -0.2) is 18.0 Å². The van der Waals surface area contributed by atoms with Crippen LogP contribution in [0.25, 0.3) is 0 Å². The quantitative estimate of drug-likeness (QED) is 0.583. The van der Waals surface area contributed by atoms with E-state index in [-0.39, 0.29) is 5.56 Å². The summed E-state index contributed by atoms with van der Waals surface area (Å²) in [5, 5.41) is 4.20. The Morgan fingerprint density at radius 1 is 1.00 bits per heavy atom. The van der Waals surface area contributed by atoms with E-state index >= 15 is 0 Å². The van der Waals surface area contributed by atoms with Crippen molar-refractivity contribution in [2.45, 2.75) is 20.0 Å². The fourth-order valence-corrected chi connectivity index (χ4v) is 2.10. The molecule has 1 unspecified atom stereocenters. The molecule has 0 aliphatic heterocycles.